The molecule has 1 aromatic carbocycles. The second-order valence-corrected chi connectivity index (χ2v) is 5.86. The summed E-state index contributed by atoms with van der Waals surface area (Å²) in [5.74, 6) is -0.775. The largest absolute Gasteiger partial charge is 0.395 e. The molecule has 0 aliphatic rings. The lowest BCUT2D eigenvalue weighted by Gasteiger charge is -2.09. The first-order valence-corrected chi connectivity index (χ1v) is 7.19. The molecule has 0 saturated heterocycles. The molecule has 0 radical (unpaired) electrons. The highest BCUT2D eigenvalue weighted by atomic mass is 32.2. The van der Waals surface area contributed by atoms with Gasteiger partial charge in [0.1, 0.15) is 10.7 Å². The summed E-state index contributed by atoms with van der Waals surface area (Å²) in [5.41, 5.74) is 6.21. The minimum atomic E-state index is -3.90. The predicted molar refractivity (Wildman–Crippen MR) is 71.6 cm³/mol. The number of hydrogen-bond acceptors (Lipinski definition) is 5. The molecule has 0 aliphatic carbocycles. The monoisotopic (exact) mass is 296 g/mol. The number of sulfonamides is 1. The van der Waals surface area contributed by atoms with Crippen molar-refractivity contribution in [2.75, 3.05) is 5.73 Å². The molecule has 3 N–H and O–H groups in total. The molecule has 0 fully saturated rings. The average Bonchev–Trinajstić information content (AvgIpc) is 2.41. The van der Waals surface area contributed by atoms with Crippen LogP contribution in [0.25, 0.3) is 0 Å². The van der Waals surface area contributed by atoms with E-state index in [2.05, 4.69) is 14.7 Å². The van der Waals surface area contributed by atoms with Gasteiger partial charge >= 0.3 is 0 Å². The van der Waals surface area contributed by atoms with Crippen molar-refractivity contribution >= 4 is 15.7 Å². The summed E-state index contributed by atoms with van der Waals surface area (Å²) in [5, 5.41) is 0. The van der Waals surface area contributed by atoms with E-state index in [-0.39, 0.29) is 11.4 Å². The molecule has 106 valence electrons. The van der Waals surface area contributed by atoms with Gasteiger partial charge < -0.3 is 5.73 Å². The van der Waals surface area contributed by atoms with Crippen LogP contribution in [-0.2, 0) is 16.6 Å². The van der Waals surface area contributed by atoms with Crippen LogP contribution >= 0.6 is 0 Å². The number of hydrogen-bond donors (Lipinski definition) is 2. The maximum absolute atomic E-state index is 13.3. The summed E-state index contributed by atoms with van der Waals surface area (Å²) in [6.07, 6.45) is 2.99. The maximum Gasteiger partial charge on any atom is 0.243 e. The van der Waals surface area contributed by atoms with Crippen LogP contribution in [0.1, 0.15) is 11.4 Å². The van der Waals surface area contributed by atoms with E-state index in [1.165, 1.54) is 24.5 Å². The molecule has 0 saturated carbocycles. The highest BCUT2D eigenvalue weighted by Gasteiger charge is 2.19. The summed E-state index contributed by atoms with van der Waals surface area (Å²) in [7, 11) is -3.90. The van der Waals surface area contributed by atoms with Crippen LogP contribution in [0.5, 0.6) is 0 Å². The van der Waals surface area contributed by atoms with Gasteiger partial charge in [0.2, 0.25) is 10.0 Å². The van der Waals surface area contributed by atoms with Crippen LogP contribution in [-0.4, -0.2) is 18.4 Å². The van der Waals surface area contributed by atoms with Crippen LogP contribution in [0.2, 0.25) is 0 Å². The van der Waals surface area contributed by atoms with Gasteiger partial charge in [-0.2, -0.15) is 0 Å². The molecule has 2 aromatic rings. The van der Waals surface area contributed by atoms with Crippen molar-refractivity contribution in [1.82, 2.24) is 14.7 Å². The molecule has 1 heterocycles. The van der Waals surface area contributed by atoms with Crippen molar-refractivity contribution in [3.05, 3.63) is 47.8 Å². The fourth-order valence-electron chi connectivity index (χ4n) is 1.51. The molecule has 0 aliphatic heterocycles. The van der Waals surface area contributed by atoms with E-state index in [4.69, 9.17) is 5.73 Å². The summed E-state index contributed by atoms with van der Waals surface area (Å²) in [6, 6.07) is 3.62. The lowest BCUT2D eigenvalue weighted by atomic mass is 10.3. The van der Waals surface area contributed by atoms with Gasteiger partial charge in [0.25, 0.3) is 0 Å². The number of aryl methyl sites for hydroxylation is 1. The van der Waals surface area contributed by atoms with E-state index >= 15 is 0 Å². The molecular formula is C12H13FN4O2S. The summed E-state index contributed by atoms with van der Waals surface area (Å²) >= 11 is 0. The Balaban J connectivity index is 2.19. The van der Waals surface area contributed by atoms with Crippen molar-refractivity contribution in [2.45, 2.75) is 18.4 Å². The minimum absolute atomic E-state index is 0.0500. The molecule has 20 heavy (non-hydrogen) atoms. The lowest BCUT2D eigenvalue weighted by molar-refractivity contribution is 0.578. The first-order chi connectivity index (χ1) is 9.40. The number of nitrogens with two attached hydrogens (primary N) is 1. The normalized spacial score (nSPS) is 11.5. The highest BCUT2D eigenvalue weighted by molar-refractivity contribution is 7.89. The number of nitrogen functional groups attached to an aromatic ring is 1. The smallest absolute Gasteiger partial charge is 0.243 e. The molecule has 0 amide bonds. The predicted octanol–water partition coefficient (Wildman–Crippen LogP) is 0.985. The summed E-state index contributed by atoms with van der Waals surface area (Å²) < 4.78 is 39.7. The van der Waals surface area contributed by atoms with E-state index in [9.17, 15) is 12.8 Å². The SMILES string of the molecule is Cc1cnc(CNS(=O)(=O)c2cccc(F)c2N)cn1. The quantitative estimate of drug-likeness (QED) is 0.820. The van der Waals surface area contributed by atoms with E-state index in [0.717, 1.165) is 11.8 Å². The van der Waals surface area contributed by atoms with Gasteiger partial charge in [-0.3, -0.25) is 9.97 Å². The molecule has 1 aromatic heterocycles. The standard InChI is InChI=1S/C12H13FN4O2S/c1-8-5-16-9(6-15-8)7-17-20(18,19)11-4-2-3-10(13)12(11)14/h2-6,17H,7,14H2,1H3. The third kappa shape index (κ3) is 3.09. The van der Waals surface area contributed by atoms with Gasteiger partial charge in [0.15, 0.2) is 0 Å². The molecule has 2 rings (SSSR count). The van der Waals surface area contributed by atoms with Crippen molar-refractivity contribution in [3.8, 4) is 0 Å². The van der Waals surface area contributed by atoms with Crippen molar-refractivity contribution < 1.29 is 12.8 Å². The molecule has 6 nitrogen and oxygen atoms in total. The number of halogens is 1. The highest BCUT2D eigenvalue weighted by Crippen LogP contribution is 2.20. The second kappa shape index (κ2) is 5.51. The van der Waals surface area contributed by atoms with Crippen LogP contribution < -0.4 is 10.5 Å². The van der Waals surface area contributed by atoms with Crippen LogP contribution in [0.15, 0.2) is 35.5 Å². The Morgan fingerprint density at radius 2 is 2.05 bits per heavy atom. The Morgan fingerprint density at radius 3 is 2.70 bits per heavy atom. The zero-order chi connectivity index (χ0) is 14.8. The van der Waals surface area contributed by atoms with Crippen molar-refractivity contribution in [3.63, 3.8) is 0 Å². The Hall–Kier alpha value is -2.06. The first-order valence-electron chi connectivity index (χ1n) is 5.71. The fraction of sp³-hybridized carbons (Fsp3) is 0.167. The summed E-state index contributed by atoms with van der Waals surface area (Å²) in [6.45, 7) is 1.72. The van der Waals surface area contributed by atoms with Crippen LogP contribution in [0.3, 0.4) is 0 Å². The number of nitrogens with one attached hydrogen (secondary N) is 1. The van der Waals surface area contributed by atoms with Gasteiger partial charge in [0, 0.05) is 6.20 Å². The molecule has 0 unspecified atom stereocenters. The maximum atomic E-state index is 13.3. The van der Waals surface area contributed by atoms with E-state index in [1.54, 1.807) is 6.92 Å². The van der Waals surface area contributed by atoms with Crippen LogP contribution in [0, 0.1) is 12.7 Å². The van der Waals surface area contributed by atoms with E-state index < -0.39 is 21.5 Å². The molecule has 0 bridgehead atoms. The Labute approximate surface area is 115 Å². The van der Waals surface area contributed by atoms with Gasteiger partial charge in [-0.15, -0.1) is 0 Å². The van der Waals surface area contributed by atoms with Crippen molar-refractivity contribution in [1.29, 1.82) is 0 Å². The number of rotatable bonds is 4. The third-order valence-corrected chi connectivity index (χ3v) is 4.04. The fourth-order valence-corrected chi connectivity index (χ4v) is 2.65. The second-order valence-electron chi connectivity index (χ2n) is 4.13. The number of benzene rings is 1. The van der Waals surface area contributed by atoms with Crippen molar-refractivity contribution in [2.24, 2.45) is 0 Å². The molecule has 8 heteroatoms. The lowest BCUT2D eigenvalue weighted by Crippen LogP contribution is -2.25. The van der Waals surface area contributed by atoms with E-state index in [1.807, 2.05) is 0 Å². The zero-order valence-corrected chi connectivity index (χ0v) is 11.5. The molecule has 0 spiro atoms. The third-order valence-electron chi connectivity index (χ3n) is 2.58. The summed E-state index contributed by atoms with van der Waals surface area (Å²) in [4.78, 5) is 7.73. The number of aromatic nitrogens is 2. The van der Waals surface area contributed by atoms with Gasteiger partial charge in [0.05, 0.1) is 29.8 Å². The van der Waals surface area contributed by atoms with Gasteiger partial charge in [-0.05, 0) is 19.1 Å². The minimum Gasteiger partial charge on any atom is -0.395 e. The average molecular weight is 296 g/mol. The van der Waals surface area contributed by atoms with Gasteiger partial charge in [-0.25, -0.2) is 17.5 Å². The Bertz CT molecular complexity index is 717. The number of anilines is 1. The van der Waals surface area contributed by atoms with E-state index in [0.29, 0.717) is 5.69 Å². The Kier molecular flexibility index (Phi) is 3.96. The topological polar surface area (TPSA) is 98.0 Å². The molecular weight excluding hydrogens is 283 g/mol. The first kappa shape index (κ1) is 14.4. The molecule has 0 atom stereocenters. The Morgan fingerprint density at radius 1 is 1.30 bits per heavy atom. The van der Waals surface area contributed by atoms with Gasteiger partial charge in [-0.1, -0.05) is 6.07 Å². The zero-order valence-electron chi connectivity index (χ0n) is 10.7. The number of para-hydroxylation sites is 1. The van der Waals surface area contributed by atoms with Crippen LogP contribution in [0.4, 0.5) is 10.1 Å². The number of nitrogens with zero attached hydrogens (tertiary/aromatic N) is 2.